The van der Waals surface area contributed by atoms with Crippen LogP contribution in [0.15, 0.2) is 0 Å². The van der Waals surface area contributed by atoms with E-state index in [0.717, 1.165) is 48.5 Å². The van der Waals surface area contributed by atoms with E-state index in [-0.39, 0.29) is 40.2 Å². The molecule has 0 fully saturated rings. The van der Waals surface area contributed by atoms with Gasteiger partial charge >= 0.3 is 0 Å². The van der Waals surface area contributed by atoms with Crippen molar-refractivity contribution in [3.8, 4) is 21.1 Å². The Bertz CT molecular complexity index is 1880. The van der Waals surface area contributed by atoms with E-state index in [1.165, 1.54) is 61.2 Å². The molecule has 0 unspecified atom stereocenters. The van der Waals surface area contributed by atoms with Crippen LogP contribution in [0.4, 0.5) is 0 Å². The molecule has 0 saturated heterocycles. The molecule has 0 saturated carbocycles. The SMILES string of the molecule is CCCCCCCc1nnc(-c2c(Cl)c(Cl)c3c(Cl)c4c(-c5nnc(CCCCCCC)s5)c(Cl)c(Cl)c(Cl)c4c(Cl)c3c2Cl)s1. The highest BCUT2D eigenvalue weighted by molar-refractivity contribution is 7.15. The van der Waals surface area contributed by atoms with Gasteiger partial charge in [0, 0.05) is 39.9 Å². The smallest absolute Gasteiger partial charge is 0.143 e. The van der Waals surface area contributed by atoms with Crippen LogP contribution in [0.25, 0.3) is 42.7 Å². The van der Waals surface area contributed by atoms with Crippen LogP contribution >= 0.6 is 115 Å². The maximum absolute atomic E-state index is 7.19. The average Bonchev–Trinajstić information content (AvgIpc) is 3.70. The lowest BCUT2D eigenvalue weighted by atomic mass is 9.97. The van der Waals surface area contributed by atoms with Crippen LogP contribution < -0.4 is 0 Å². The zero-order chi connectivity index (χ0) is 33.1. The summed E-state index contributed by atoms with van der Waals surface area (Å²) in [7, 11) is 0. The molecule has 3 aromatic carbocycles. The van der Waals surface area contributed by atoms with Gasteiger partial charge in [-0.15, -0.1) is 20.4 Å². The highest BCUT2D eigenvalue weighted by atomic mass is 35.5. The van der Waals surface area contributed by atoms with Gasteiger partial charge in [0.1, 0.15) is 15.0 Å². The Morgan fingerprint density at radius 1 is 0.391 bits per heavy atom. The second-order valence-electron chi connectivity index (χ2n) is 11.1. The number of aryl methyl sites for hydroxylation is 2. The normalized spacial score (nSPS) is 11.9. The number of rotatable bonds is 14. The Labute approximate surface area is 317 Å². The molecule has 246 valence electrons. The Balaban J connectivity index is 1.64. The minimum absolute atomic E-state index is 0.114. The Morgan fingerprint density at radius 3 is 1.35 bits per heavy atom. The average molecular weight is 818 g/mol. The van der Waals surface area contributed by atoms with Gasteiger partial charge in [0.05, 0.1) is 45.7 Å². The standard InChI is InChI=1S/C32H30Cl8N4S2/c1-3-5-7-9-11-13-15-41-43-31(45-15)21-17-18(27(37)30(40)28(21)38)24(34)19-20(23(17)33)26(36)29(39)22(25(19)35)32-44-42-16(46-32)14-12-10-8-6-4-2/h3-14H2,1-2H3. The van der Waals surface area contributed by atoms with Gasteiger partial charge in [-0.25, -0.2) is 0 Å². The summed E-state index contributed by atoms with van der Waals surface area (Å²) < 4.78 is 0. The third kappa shape index (κ3) is 7.38. The maximum atomic E-state index is 7.19. The van der Waals surface area contributed by atoms with Crippen LogP contribution in [0.2, 0.25) is 40.2 Å². The van der Waals surface area contributed by atoms with Crippen molar-refractivity contribution in [2.75, 3.05) is 0 Å². The van der Waals surface area contributed by atoms with Crippen LogP contribution in [0.1, 0.15) is 88.1 Å². The van der Waals surface area contributed by atoms with Gasteiger partial charge in [0.25, 0.3) is 0 Å². The Morgan fingerprint density at radius 2 is 0.804 bits per heavy atom. The topological polar surface area (TPSA) is 51.6 Å². The zero-order valence-electron chi connectivity index (χ0n) is 25.1. The van der Waals surface area contributed by atoms with Crippen molar-refractivity contribution in [2.45, 2.75) is 90.9 Å². The number of benzene rings is 3. The molecule has 0 spiro atoms. The third-order valence-corrected chi connectivity index (χ3v) is 13.2. The molecule has 0 aliphatic carbocycles. The van der Waals surface area contributed by atoms with Crippen molar-refractivity contribution in [3.05, 3.63) is 50.2 Å². The number of fused-ring (bicyclic) bond motifs is 2. The summed E-state index contributed by atoms with van der Waals surface area (Å²) in [6.45, 7) is 4.39. The molecule has 0 bridgehead atoms. The molecule has 5 rings (SSSR count). The largest absolute Gasteiger partial charge is 0.150 e. The minimum atomic E-state index is 0.114. The number of hydrogen-bond acceptors (Lipinski definition) is 6. The van der Waals surface area contributed by atoms with E-state index in [0.29, 0.717) is 42.7 Å². The molecule has 5 aromatic rings. The Kier molecular flexibility index (Phi) is 13.3. The van der Waals surface area contributed by atoms with Gasteiger partial charge in [-0.2, -0.15) is 0 Å². The second-order valence-corrected chi connectivity index (χ2v) is 16.2. The van der Waals surface area contributed by atoms with E-state index in [2.05, 4.69) is 34.2 Å². The summed E-state index contributed by atoms with van der Waals surface area (Å²) in [5.74, 6) is 0. The lowest BCUT2D eigenvalue weighted by Gasteiger charge is -2.19. The van der Waals surface area contributed by atoms with Crippen LogP contribution in [0.5, 0.6) is 0 Å². The summed E-state index contributed by atoms with van der Waals surface area (Å²) in [5, 5.41) is 23.5. The number of halogens is 8. The van der Waals surface area contributed by atoms with Gasteiger partial charge in [-0.1, -0.05) is 181 Å². The zero-order valence-corrected chi connectivity index (χ0v) is 32.8. The van der Waals surface area contributed by atoms with Gasteiger partial charge in [0.2, 0.25) is 0 Å². The predicted molar refractivity (Wildman–Crippen MR) is 204 cm³/mol. The first-order chi connectivity index (χ1) is 22.1. The molecule has 0 aliphatic rings. The van der Waals surface area contributed by atoms with Crippen LogP contribution in [-0.4, -0.2) is 20.4 Å². The summed E-state index contributed by atoms with van der Waals surface area (Å²) in [6, 6.07) is 0. The third-order valence-electron chi connectivity index (χ3n) is 7.87. The highest BCUT2D eigenvalue weighted by Crippen LogP contribution is 2.57. The minimum Gasteiger partial charge on any atom is -0.143 e. The number of aromatic nitrogens is 4. The van der Waals surface area contributed by atoms with Gasteiger partial charge in [0.15, 0.2) is 5.01 Å². The van der Waals surface area contributed by atoms with Gasteiger partial charge in [-0.3, -0.25) is 0 Å². The monoisotopic (exact) mass is 814 g/mol. The molecular formula is C32H30Cl8N4S2. The van der Waals surface area contributed by atoms with E-state index in [1.54, 1.807) is 0 Å². The molecule has 2 heterocycles. The van der Waals surface area contributed by atoms with Gasteiger partial charge in [-0.05, 0) is 12.8 Å². The first-order valence-corrected chi connectivity index (χ1v) is 19.9. The fraction of sp³-hybridized carbons (Fsp3) is 0.438. The molecule has 0 N–H and O–H groups in total. The lowest BCUT2D eigenvalue weighted by molar-refractivity contribution is 0.630. The molecule has 4 nitrogen and oxygen atoms in total. The lowest BCUT2D eigenvalue weighted by Crippen LogP contribution is -1.94. The number of nitrogens with zero attached hydrogens (tertiary/aromatic N) is 4. The van der Waals surface area contributed by atoms with Crippen molar-refractivity contribution in [2.24, 2.45) is 0 Å². The molecule has 14 heteroatoms. The molecule has 0 radical (unpaired) electrons. The summed E-state index contributed by atoms with van der Waals surface area (Å²) >= 11 is 58.6. The molecule has 0 aliphatic heterocycles. The fourth-order valence-electron chi connectivity index (χ4n) is 5.47. The van der Waals surface area contributed by atoms with Gasteiger partial charge < -0.3 is 0 Å². The highest BCUT2D eigenvalue weighted by Gasteiger charge is 2.30. The van der Waals surface area contributed by atoms with E-state index >= 15 is 0 Å². The molecule has 0 atom stereocenters. The molecule has 0 amide bonds. The van der Waals surface area contributed by atoms with Crippen LogP contribution in [0, 0.1) is 0 Å². The van der Waals surface area contributed by atoms with Crippen LogP contribution in [-0.2, 0) is 12.8 Å². The number of unbranched alkanes of at least 4 members (excludes halogenated alkanes) is 8. The first kappa shape index (κ1) is 36.9. The maximum Gasteiger partial charge on any atom is 0.150 e. The van der Waals surface area contributed by atoms with E-state index in [4.69, 9.17) is 92.8 Å². The van der Waals surface area contributed by atoms with Crippen LogP contribution in [0.3, 0.4) is 0 Å². The van der Waals surface area contributed by atoms with E-state index in [1.807, 2.05) is 0 Å². The summed E-state index contributed by atoms with van der Waals surface area (Å²) in [6.07, 6.45) is 13.2. The molecular weight excluding hydrogens is 788 g/mol. The molecule has 46 heavy (non-hydrogen) atoms. The molecule has 2 aromatic heterocycles. The summed E-state index contributed by atoms with van der Waals surface area (Å²) in [5.41, 5.74) is 0.895. The van der Waals surface area contributed by atoms with E-state index < -0.39 is 0 Å². The van der Waals surface area contributed by atoms with Crippen molar-refractivity contribution < 1.29 is 0 Å². The predicted octanol–water partition coefficient (Wildman–Crippen LogP) is 15.3. The van der Waals surface area contributed by atoms with Crippen molar-refractivity contribution in [3.63, 3.8) is 0 Å². The van der Waals surface area contributed by atoms with E-state index in [9.17, 15) is 0 Å². The number of hydrogen-bond donors (Lipinski definition) is 0. The first-order valence-electron chi connectivity index (χ1n) is 15.2. The van der Waals surface area contributed by atoms with Crippen molar-refractivity contribution >= 4 is 137 Å². The Hall–Kier alpha value is -0.380. The van der Waals surface area contributed by atoms with Crippen molar-refractivity contribution in [1.29, 1.82) is 0 Å². The second kappa shape index (κ2) is 16.6. The quantitative estimate of drug-likeness (QED) is 0.0485. The van der Waals surface area contributed by atoms with Crippen molar-refractivity contribution in [1.82, 2.24) is 20.4 Å². The fourth-order valence-corrected chi connectivity index (χ4v) is 10.2. The summed E-state index contributed by atoms with van der Waals surface area (Å²) in [4.78, 5) is 0.